The predicted molar refractivity (Wildman–Crippen MR) is 64.9 cm³/mol. The van der Waals surface area contributed by atoms with Crippen LogP contribution in [0.25, 0.3) is 0 Å². The van der Waals surface area contributed by atoms with Gasteiger partial charge < -0.3 is 11.1 Å². The standard InChI is InChI=1S/C12H22N4/c1-9(11-7-14-16(2)8-11)15-12-5-3-4-10(12)6-13/h7-10,12,15H,3-6,13H2,1-2H3. The Labute approximate surface area is 97.2 Å². The molecule has 3 N–H and O–H groups in total. The highest BCUT2D eigenvalue weighted by Crippen LogP contribution is 2.26. The lowest BCUT2D eigenvalue weighted by atomic mass is 10.0. The summed E-state index contributed by atoms with van der Waals surface area (Å²) in [6, 6.07) is 0.950. The fourth-order valence-electron chi connectivity index (χ4n) is 2.62. The zero-order valence-electron chi connectivity index (χ0n) is 10.2. The van der Waals surface area contributed by atoms with Crippen molar-refractivity contribution in [2.45, 2.75) is 38.3 Å². The molecule has 0 amide bonds. The van der Waals surface area contributed by atoms with Gasteiger partial charge >= 0.3 is 0 Å². The molecule has 90 valence electrons. The largest absolute Gasteiger partial charge is 0.330 e. The molecule has 4 nitrogen and oxygen atoms in total. The van der Waals surface area contributed by atoms with E-state index < -0.39 is 0 Å². The Morgan fingerprint density at radius 2 is 2.44 bits per heavy atom. The Hall–Kier alpha value is -0.870. The monoisotopic (exact) mass is 222 g/mol. The zero-order chi connectivity index (χ0) is 11.5. The van der Waals surface area contributed by atoms with E-state index in [1.54, 1.807) is 0 Å². The molecule has 0 saturated heterocycles. The highest BCUT2D eigenvalue weighted by molar-refractivity contribution is 5.09. The molecule has 1 fully saturated rings. The van der Waals surface area contributed by atoms with Crippen LogP contribution in [0.3, 0.4) is 0 Å². The van der Waals surface area contributed by atoms with Gasteiger partial charge in [0.25, 0.3) is 0 Å². The molecular weight excluding hydrogens is 200 g/mol. The molecule has 0 bridgehead atoms. The fourth-order valence-corrected chi connectivity index (χ4v) is 2.62. The number of rotatable bonds is 4. The maximum Gasteiger partial charge on any atom is 0.0537 e. The summed E-state index contributed by atoms with van der Waals surface area (Å²) < 4.78 is 1.85. The van der Waals surface area contributed by atoms with Gasteiger partial charge in [-0.25, -0.2) is 0 Å². The van der Waals surface area contributed by atoms with Gasteiger partial charge in [-0.05, 0) is 32.2 Å². The molecule has 0 spiro atoms. The molecule has 1 aliphatic carbocycles. The quantitative estimate of drug-likeness (QED) is 0.805. The molecule has 1 saturated carbocycles. The Kier molecular flexibility index (Phi) is 3.61. The second kappa shape index (κ2) is 4.97. The van der Waals surface area contributed by atoms with Gasteiger partial charge in [-0.2, -0.15) is 5.10 Å². The van der Waals surface area contributed by atoms with Gasteiger partial charge in [-0.15, -0.1) is 0 Å². The van der Waals surface area contributed by atoms with E-state index in [1.807, 2.05) is 17.9 Å². The molecule has 2 rings (SSSR count). The molecule has 0 aliphatic heterocycles. The Morgan fingerprint density at radius 1 is 1.62 bits per heavy atom. The van der Waals surface area contributed by atoms with Crippen LogP contribution in [0, 0.1) is 5.92 Å². The predicted octanol–water partition coefficient (Wildman–Crippen LogP) is 1.20. The average molecular weight is 222 g/mol. The first-order chi connectivity index (χ1) is 7.70. The zero-order valence-corrected chi connectivity index (χ0v) is 10.2. The first-order valence-corrected chi connectivity index (χ1v) is 6.15. The van der Waals surface area contributed by atoms with Gasteiger partial charge in [0.1, 0.15) is 0 Å². The third-order valence-electron chi connectivity index (χ3n) is 3.65. The fraction of sp³-hybridized carbons (Fsp3) is 0.750. The number of nitrogens with zero attached hydrogens (tertiary/aromatic N) is 2. The van der Waals surface area contributed by atoms with Gasteiger partial charge in [0.15, 0.2) is 0 Å². The van der Waals surface area contributed by atoms with Crippen LogP contribution in [0.2, 0.25) is 0 Å². The van der Waals surface area contributed by atoms with E-state index in [9.17, 15) is 0 Å². The summed E-state index contributed by atoms with van der Waals surface area (Å²) in [6.07, 6.45) is 7.84. The number of aromatic nitrogens is 2. The van der Waals surface area contributed by atoms with Crippen molar-refractivity contribution in [1.29, 1.82) is 0 Å². The van der Waals surface area contributed by atoms with Gasteiger partial charge in [0.2, 0.25) is 0 Å². The topological polar surface area (TPSA) is 55.9 Å². The molecule has 3 unspecified atom stereocenters. The van der Waals surface area contributed by atoms with Crippen molar-refractivity contribution in [2.24, 2.45) is 18.7 Å². The van der Waals surface area contributed by atoms with E-state index in [0.717, 1.165) is 6.54 Å². The Morgan fingerprint density at radius 3 is 3.06 bits per heavy atom. The number of aryl methyl sites for hydroxylation is 1. The molecule has 16 heavy (non-hydrogen) atoms. The van der Waals surface area contributed by atoms with Gasteiger partial charge in [0, 0.05) is 30.9 Å². The molecule has 1 aromatic rings. The SMILES string of the molecule is CC(NC1CCCC1CN)c1cnn(C)c1. The molecule has 4 heteroatoms. The van der Waals surface area contributed by atoms with Crippen LogP contribution in [-0.4, -0.2) is 22.4 Å². The lowest BCUT2D eigenvalue weighted by Crippen LogP contribution is -2.37. The number of hydrogen-bond acceptors (Lipinski definition) is 3. The Bertz CT molecular complexity index is 334. The molecule has 3 atom stereocenters. The summed E-state index contributed by atoms with van der Waals surface area (Å²) in [5, 5.41) is 7.88. The van der Waals surface area contributed by atoms with Crippen LogP contribution in [-0.2, 0) is 7.05 Å². The third-order valence-corrected chi connectivity index (χ3v) is 3.65. The van der Waals surface area contributed by atoms with Crippen molar-refractivity contribution in [3.8, 4) is 0 Å². The minimum atomic E-state index is 0.367. The van der Waals surface area contributed by atoms with Crippen molar-refractivity contribution >= 4 is 0 Å². The van der Waals surface area contributed by atoms with Crippen molar-refractivity contribution in [3.63, 3.8) is 0 Å². The third kappa shape index (κ3) is 2.44. The Balaban J connectivity index is 1.94. The van der Waals surface area contributed by atoms with E-state index in [0.29, 0.717) is 18.0 Å². The lowest BCUT2D eigenvalue weighted by molar-refractivity contribution is 0.373. The number of hydrogen-bond donors (Lipinski definition) is 2. The highest BCUT2D eigenvalue weighted by Gasteiger charge is 2.27. The smallest absolute Gasteiger partial charge is 0.0537 e. The minimum absolute atomic E-state index is 0.367. The average Bonchev–Trinajstić information content (AvgIpc) is 2.86. The molecular formula is C12H22N4. The number of nitrogens with one attached hydrogen (secondary N) is 1. The van der Waals surface area contributed by atoms with Crippen LogP contribution >= 0.6 is 0 Å². The maximum atomic E-state index is 5.79. The minimum Gasteiger partial charge on any atom is -0.330 e. The summed E-state index contributed by atoms with van der Waals surface area (Å²) in [6.45, 7) is 3.00. The summed E-state index contributed by atoms with van der Waals surface area (Å²) in [5.41, 5.74) is 7.04. The van der Waals surface area contributed by atoms with Gasteiger partial charge in [0.05, 0.1) is 6.20 Å². The molecule has 0 radical (unpaired) electrons. The summed E-state index contributed by atoms with van der Waals surface area (Å²) >= 11 is 0. The maximum absolute atomic E-state index is 5.79. The van der Waals surface area contributed by atoms with Gasteiger partial charge in [-0.3, -0.25) is 4.68 Å². The second-order valence-electron chi connectivity index (χ2n) is 4.87. The highest BCUT2D eigenvalue weighted by atomic mass is 15.2. The van der Waals surface area contributed by atoms with Gasteiger partial charge in [-0.1, -0.05) is 6.42 Å². The molecule has 1 aromatic heterocycles. The summed E-state index contributed by atoms with van der Waals surface area (Å²) in [5.74, 6) is 0.652. The van der Waals surface area contributed by atoms with Crippen molar-refractivity contribution in [3.05, 3.63) is 18.0 Å². The normalized spacial score (nSPS) is 27.2. The summed E-state index contributed by atoms with van der Waals surface area (Å²) in [4.78, 5) is 0. The van der Waals surface area contributed by atoms with E-state index >= 15 is 0 Å². The molecule has 1 aliphatic rings. The molecule has 0 aromatic carbocycles. The van der Waals surface area contributed by atoms with E-state index in [2.05, 4.69) is 23.5 Å². The van der Waals surface area contributed by atoms with E-state index in [1.165, 1.54) is 24.8 Å². The first-order valence-electron chi connectivity index (χ1n) is 6.15. The van der Waals surface area contributed by atoms with Crippen molar-refractivity contribution in [1.82, 2.24) is 15.1 Å². The van der Waals surface area contributed by atoms with Crippen molar-refractivity contribution in [2.75, 3.05) is 6.54 Å². The van der Waals surface area contributed by atoms with Crippen LogP contribution in [0.15, 0.2) is 12.4 Å². The van der Waals surface area contributed by atoms with Crippen molar-refractivity contribution < 1.29 is 0 Å². The van der Waals surface area contributed by atoms with E-state index in [-0.39, 0.29) is 0 Å². The molecule has 1 heterocycles. The number of nitrogens with two attached hydrogens (primary N) is 1. The first kappa shape index (κ1) is 11.6. The second-order valence-corrected chi connectivity index (χ2v) is 4.87. The lowest BCUT2D eigenvalue weighted by Gasteiger charge is -2.23. The van der Waals surface area contributed by atoms with Crippen LogP contribution in [0.1, 0.15) is 37.8 Å². The van der Waals surface area contributed by atoms with Crippen LogP contribution in [0.5, 0.6) is 0 Å². The summed E-state index contributed by atoms with van der Waals surface area (Å²) in [7, 11) is 1.95. The van der Waals surface area contributed by atoms with E-state index in [4.69, 9.17) is 5.73 Å². The van der Waals surface area contributed by atoms with Crippen LogP contribution < -0.4 is 11.1 Å². The van der Waals surface area contributed by atoms with Crippen LogP contribution in [0.4, 0.5) is 0 Å².